The van der Waals surface area contributed by atoms with Crippen LogP contribution in [0.25, 0.3) is 22.5 Å². The van der Waals surface area contributed by atoms with Crippen LogP contribution in [0.1, 0.15) is 0 Å². The number of nitrogens with zero attached hydrogens (tertiary/aromatic N) is 4. The maximum atomic E-state index is 5.20. The minimum Gasteiger partial charge on any atom is -0.472 e. The molecule has 5 nitrogen and oxygen atoms in total. The molecule has 4 rings (SSSR count). The van der Waals surface area contributed by atoms with Crippen LogP contribution >= 0.6 is 0 Å². The Kier molecular flexibility index (Phi) is 2.67. The third kappa shape index (κ3) is 2.04. The van der Waals surface area contributed by atoms with Gasteiger partial charge in [0.25, 0.3) is 0 Å². The zero-order chi connectivity index (χ0) is 14.1. The first-order valence-corrected chi connectivity index (χ1v) is 6.55. The molecule has 3 heterocycles. The number of hydrogen-bond donors (Lipinski definition) is 0. The summed E-state index contributed by atoms with van der Waals surface area (Å²) in [5, 5.41) is 0. The van der Waals surface area contributed by atoms with Crippen LogP contribution in [0.5, 0.6) is 0 Å². The van der Waals surface area contributed by atoms with Gasteiger partial charge in [0.2, 0.25) is 0 Å². The Balaban J connectivity index is 1.92. The van der Waals surface area contributed by atoms with E-state index in [1.54, 1.807) is 37.6 Å². The molecule has 0 saturated heterocycles. The molecule has 3 aromatic heterocycles. The summed E-state index contributed by atoms with van der Waals surface area (Å²) in [5.74, 6) is 0. The molecular weight excluding hydrogens is 264 g/mol. The quantitative estimate of drug-likeness (QED) is 0.576. The van der Waals surface area contributed by atoms with E-state index in [0.717, 1.165) is 22.5 Å². The molecule has 0 atom stereocenters. The predicted octanol–water partition coefficient (Wildman–Crippen LogP) is 3.32. The first kappa shape index (κ1) is 11.7. The van der Waals surface area contributed by atoms with Gasteiger partial charge < -0.3 is 13.6 Å². The number of hydrogen-bond acceptors (Lipinski definition) is 3. The van der Waals surface area contributed by atoms with Gasteiger partial charge >= 0.3 is 0 Å². The van der Waals surface area contributed by atoms with Gasteiger partial charge in [0, 0.05) is 41.6 Å². The fourth-order valence-electron chi connectivity index (χ4n) is 2.37. The van der Waals surface area contributed by atoms with E-state index in [1.165, 1.54) is 0 Å². The van der Waals surface area contributed by atoms with Gasteiger partial charge in [-0.05, 0) is 18.2 Å². The van der Waals surface area contributed by atoms with Crippen molar-refractivity contribution in [3.8, 4) is 22.5 Å². The summed E-state index contributed by atoms with van der Waals surface area (Å²) in [5.41, 5.74) is 4.21. The SMILES string of the molecule is c1cn(-c2ccc(-c3ccoc3)c(-n3ccnc3)c2)cn1. The van der Waals surface area contributed by atoms with E-state index in [2.05, 4.69) is 28.2 Å². The summed E-state index contributed by atoms with van der Waals surface area (Å²) in [6.07, 6.45) is 14.4. The van der Waals surface area contributed by atoms with E-state index in [0.29, 0.717) is 0 Å². The number of benzene rings is 1. The molecule has 0 bridgehead atoms. The van der Waals surface area contributed by atoms with Crippen LogP contribution in [0.15, 0.2) is 78.7 Å². The second-order valence-electron chi connectivity index (χ2n) is 4.65. The molecule has 0 radical (unpaired) electrons. The maximum absolute atomic E-state index is 5.20. The fourth-order valence-corrected chi connectivity index (χ4v) is 2.37. The van der Waals surface area contributed by atoms with E-state index in [9.17, 15) is 0 Å². The van der Waals surface area contributed by atoms with Crippen LogP contribution in [0.2, 0.25) is 0 Å². The van der Waals surface area contributed by atoms with Crippen molar-refractivity contribution in [2.45, 2.75) is 0 Å². The smallest absolute Gasteiger partial charge is 0.0991 e. The maximum Gasteiger partial charge on any atom is 0.0991 e. The number of rotatable bonds is 3. The molecule has 0 aliphatic rings. The highest BCUT2D eigenvalue weighted by molar-refractivity contribution is 5.74. The summed E-state index contributed by atoms with van der Waals surface area (Å²) in [6, 6.07) is 8.19. The fraction of sp³-hybridized carbons (Fsp3) is 0. The molecule has 1 aromatic carbocycles. The first-order valence-electron chi connectivity index (χ1n) is 6.55. The molecule has 0 amide bonds. The lowest BCUT2D eigenvalue weighted by atomic mass is 10.1. The third-order valence-corrected chi connectivity index (χ3v) is 3.40. The van der Waals surface area contributed by atoms with E-state index < -0.39 is 0 Å². The zero-order valence-electron chi connectivity index (χ0n) is 11.1. The second kappa shape index (κ2) is 4.79. The van der Waals surface area contributed by atoms with E-state index in [4.69, 9.17) is 4.42 Å². The minimum absolute atomic E-state index is 1.04. The van der Waals surface area contributed by atoms with Crippen molar-refractivity contribution in [1.82, 2.24) is 19.1 Å². The first-order chi connectivity index (χ1) is 10.4. The Morgan fingerprint density at radius 3 is 2.38 bits per heavy atom. The molecule has 0 unspecified atom stereocenters. The van der Waals surface area contributed by atoms with Gasteiger partial charge in [-0.15, -0.1) is 0 Å². The lowest BCUT2D eigenvalue weighted by Crippen LogP contribution is -1.97. The molecule has 0 aliphatic carbocycles. The Morgan fingerprint density at radius 2 is 1.71 bits per heavy atom. The summed E-state index contributed by atoms with van der Waals surface area (Å²) < 4.78 is 9.16. The Hall–Kier alpha value is -3.08. The average molecular weight is 276 g/mol. The predicted molar refractivity (Wildman–Crippen MR) is 78.4 cm³/mol. The molecule has 0 N–H and O–H groups in total. The molecule has 5 heteroatoms. The summed E-state index contributed by atoms with van der Waals surface area (Å²) >= 11 is 0. The molecule has 0 saturated carbocycles. The van der Waals surface area contributed by atoms with Gasteiger partial charge in [0.15, 0.2) is 0 Å². The van der Waals surface area contributed by atoms with Gasteiger partial charge in [-0.3, -0.25) is 0 Å². The van der Waals surface area contributed by atoms with Crippen LogP contribution in [0.4, 0.5) is 0 Å². The Bertz CT molecular complexity index is 831. The van der Waals surface area contributed by atoms with Crippen LogP contribution in [-0.4, -0.2) is 19.1 Å². The number of furan rings is 1. The van der Waals surface area contributed by atoms with Crippen LogP contribution in [-0.2, 0) is 0 Å². The van der Waals surface area contributed by atoms with Gasteiger partial charge in [-0.25, -0.2) is 9.97 Å². The van der Waals surface area contributed by atoms with Crippen molar-refractivity contribution in [3.63, 3.8) is 0 Å². The molecule has 0 fully saturated rings. The van der Waals surface area contributed by atoms with Gasteiger partial charge in [0.05, 0.1) is 30.9 Å². The van der Waals surface area contributed by atoms with Crippen molar-refractivity contribution in [1.29, 1.82) is 0 Å². The Morgan fingerprint density at radius 1 is 0.905 bits per heavy atom. The standard InChI is InChI=1S/C16H12N4O/c1-2-15(13-3-8-21-10-13)16(20-7-5-18-12-20)9-14(1)19-6-4-17-11-19/h1-12H. The van der Waals surface area contributed by atoms with Gasteiger partial charge in [0.1, 0.15) is 0 Å². The molecule has 102 valence electrons. The monoisotopic (exact) mass is 276 g/mol. The second-order valence-corrected chi connectivity index (χ2v) is 4.65. The third-order valence-electron chi connectivity index (χ3n) is 3.40. The van der Waals surface area contributed by atoms with E-state index >= 15 is 0 Å². The highest BCUT2D eigenvalue weighted by atomic mass is 16.3. The average Bonchev–Trinajstić information content (AvgIpc) is 3.28. The van der Waals surface area contributed by atoms with Gasteiger partial charge in [-0.2, -0.15) is 0 Å². The van der Waals surface area contributed by atoms with Crippen LogP contribution < -0.4 is 0 Å². The molecular formula is C16H12N4O. The van der Waals surface area contributed by atoms with Gasteiger partial charge in [-0.1, -0.05) is 6.07 Å². The topological polar surface area (TPSA) is 48.8 Å². The van der Waals surface area contributed by atoms with Crippen molar-refractivity contribution < 1.29 is 4.42 Å². The molecule has 21 heavy (non-hydrogen) atoms. The molecule has 0 spiro atoms. The van der Waals surface area contributed by atoms with Crippen LogP contribution in [0, 0.1) is 0 Å². The van der Waals surface area contributed by atoms with Crippen molar-refractivity contribution in [2.75, 3.05) is 0 Å². The summed E-state index contributed by atoms with van der Waals surface area (Å²) in [7, 11) is 0. The number of aromatic nitrogens is 4. The molecule has 0 aliphatic heterocycles. The van der Waals surface area contributed by atoms with Crippen molar-refractivity contribution in [3.05, 3.63) is 74.2 Å². The summed E-state index contributed by atoms with van der Waals surface area (Å²) in [6.45, 7) is 0. The van der Waals surface area contributed by atoms with Crippen LogP contribution in [0.3, 0.4) is 0 Å². The number of imidazole rings is 2. The Labute approximate surface area is 121 Å². The highest BCUT2D eigenvalue weighted by Crippen LogP contribution is 2.29. The van der Waals surface area contributed by atoms with Crippen molar-refractivity contribution in [2.24, 2.45) is 0 Å². The van der Waals surface area contributed by atoms with E-state index in [1.807, 2.05) is 27.6 Å². The summed E-state index contributed by atoms with van der Waals surface area (Å²) in [4.78, 5) is 8.23. The largest absolute Gasteiger partial charge is 0.472 e. The lowest BCUT2D eigenvalue weighted by Gasteiger charge is -2.12. The van der Waals surface area contributed by atoms with Crippen molar-refractivity contribution >= 4 is 0 Å². The van der Waals surface area contributed by atoms with E-state index in [-0.39, 0.29) is 0 Å². The normalized spacial score (nSPS) is 10.9. The highest BCUT2D eigenvalue weighted by Gasteiger charge is 2.10. The molecule has 4 aromatic rings. The minimum atomic E-state index is 1.04. The lowest BCUT2D eigenvalue weighted by molar-refractivity contribution is 0.568. The zero-order valence-corrected chi connectivity index (χ0v) is 11.1.